The molecule has 0 amide bonds. The number of thiazole rings is 1. The van der Waals surface area contributed by atoms with Gasteiger partial charge in [0.05, 0.1) is 12.6 Å². The molecule has 100 valence electrons. The monoisotopic (exact) mass is 330 g/mol. The van der Waals surface area contributed by atoms with Gasteiger partial charge in [0.2, 0.25) is 0 Å². The summed E-state index contributed by atoms with van der Waals surface area (Å²) < 4.78 is 6.71. The van der Waals surface area contributed by atoms with E-state index in [9.17, 15) is 0 Å². The Morgan fingerprint density at radius 3 is 3.11 bits per heavy atom. The minimum atomic E-state index is 0.373. The number of aromatic nitrogens is 1. The molecule has 1 saturated heterocycles. The molecule has 2 heterocycles. The molecular formula is C13H19BrN2OS. The molecule has 1 aromatic heterocycles. The van der Waals surface area contributed by atoms with Gasteiger partial charge in [-0.2, -0.15) is 0 Å². The number of aryl methyl sites for hydroxylation is 1. The van der Waals surface area contributed by atoms with Gasteiger partial charge < -0.3 is 4.74 Å². The van der Waals surface area contributed by atoms with Gasteiger partial charge in [-0.05, 0) is 19.8 Å². The largest absolute Gasteiger partial charge is 0.377 e. The fourth-order valence-electron chi connectivity index (χ4n) is 2.17. The molecule has 0 aliphatic carbocycles. The van der Waals surface area contributed by atoms with Crippen molar-refractivity contribution in [2.45, 2.75) is 32.4 Å². The van der Waals surface area contributed by atoms with Gasteiger partial charge in [0.1, 0.15) is 5.01 Å². The van der Waals surface area contributed by atoms with Gasteiger partial charge >= 0.3 is 0 Å². The van der Waals surface area contributed by atoms with Crippen molar-refractivity contribution in [1.82, 2.24) is 9.88 Å². The van der Waals surface area contributed by atoms with Crippen LogP contribution >= 0.6 is 27.3 Å². The van der Waals surface area contributed by atoms with Crippen LogP contribution in [0.5, 0.6) is 0 Å². The first-order valence-electron chi connectivity index (χ1n) is 6.21. The van der Waals surface area contributed by atoms with E-state index in [1.807, 2.05) is 6.92 Å². The van der Waals surface area contributed by atoms with Gasteiger partial charge in [-0.25, -0.2) is 4.98 Å². The van der Waals surface area contributed by atoms with E-state index < -0.39 is 0 Å². The number of hydrogen-bond donors (Lipinski definition) is 0. The fraction of sp³-hybridized carbons (Fsp3) is 0.615. The van der Waals surface area contributed by atoms with E-state index in [-0.39, 0.29) is 0 Å². The molecule has 0 radical (unpaired) electrons. The van der Waals surface area contributed by atoms with Crippen molar-refractivity contribution < 1.29 is 4.74 Å². The first kappa shape index (κ1) is 14.2. The number of rotatable bonds is 6. The lowest BCUT2D eigenvalue weighted by Crippen LogP contribution is -2.32. The predicted octanol–water partition coefficient (Wildman–Crippen LogP) is 3.34. The number of hydrogen-bond acceptors (Lipinski definition) is 4. The molecule has 0 saturated carbocycles. The molecule has 0 bridgehead atoms. The summed E-state index contributed by atoms with van der Waals surface area (Å²) in [7, 11) is 0. The van der Waals surface area contributed by atoms with Crippen molar-refractivity contribution in [3.05, 3.63) is 27.1 Å². The van der Waals surface area contributed by atoms with Gasteiger partial charge in [-0.3, -0.25) is 4.90 Å². The van der Waals surface area contributed by atoms with Crippen LogP contribution in [0.3, 0.4) is 0 Å². The van der Waals surface area contributed by atoms with Gasteiger partial charge in [-0.1, -0.05) is 22.5 Å². The minimum Gasteiger partial charge on any atom is -0.377 e. The Bertz CT molecular complexity index is 401. The Hall–Kier alpha value is -0.230. The summed E-state index contributed by atoms with van der Waals surface area (Å²) in [6.07, 6.45) is 2.73. The molecule has 2 rings (SSSR count). The zero-order valence-electron chi connectivity index (χ0n) is 10.7. The van der Waals surface area contributed by atoms with Gasteiger partial charge in [-0.15, -0.1) is 11.3 Å². The van der Waals surface area contributed by atoms with Crippen LogP contribution in [0.4, 0.5) is 0 Å². The second-order valence-electron chi connectivity index (χ2n) is 4.70. The van der Waals surface area contributed by atoms with Gasteiger partial charge in [0, 0.05) is 35.3 Å². The number of ether oxygens (including phenoxy) is 1. The van der Waals surface area contributed by atoms with Crippen molar-refractivity contribution in [1.29, 1.82) is 0 Å². The molecule has 0 spiro atoms. The lowest BCUT2D eigenvalue weighted by atomic mass is 10.2. The van der Waals surface area contributed by atoms with Crippen LogP contribution in [0.2, 0.25) is 0 Å². The minimum absolute atomic E-state index is 0.373. The predicted molar refractivity (Wildman–Crippen MR) is 79.2 cm³/mol. The zero-order chi connectivity index (χ0) is 13.0. The van der Waals surface area contributed by atoms with Crippen molar-refractivity contribution in [3.63, 3.8) is 0 Å². The lowest BCUT2D eigenvalue weighted by molar-refractivity contribution is 0.0744. The van der Waals surface area contributed by atoms with Gasteiger partial charge in [0.15, 0.2) is 0 Å². The Balaban J connectivity index is 1.93. The molecule has 0 aromatic carbocycles. The molecule has 1 fully saturated rings. The average Bonchev–Trinajstić information content (AvgIpc) is 2.89. The zero-order valence-corrected chi connectivity index (χ0v) is 13.1. The molecule has 18 heavy (non-hydrogen) atoms. The molecule has 0 unspecified atom stereocenters. The maximum Gasteiger partial charge on any atom is 0.107 e. The molecule has 5 heteroatoms. The van der Waals surface area contributed by atoms with Crippen LogP contribution < -0.4 is 0 Å². The lowest BCUT2D eigenvalue weighted by Gasteiger charge is -2.23. The first-order valence-corrected chi connectivity index (χ1v) is 7.89. The summed E-state index contributed by atoms with van der Waals surface area (Å²) in [4.78, 5) is 6.88. The van der Waals surface area contributed by atoms with E-state index in [1.54, 1.807) is 11.3 Å². The quantitative estimate of drug-likeness (QED) is 0.799. The van der Waals surface area contributed by atoms with E-state index in [1.165, 1.54) is 17.8 Å². The van der Waals surface area contributed by atoms with Crippen LogP contribution in [0.1, 0.15) is 23.5 Å². The highest BCUT2D eigenvalue weighted by atomic mass is 79.9. The van der Waals surface area contributed by atoms with Gasteiger partial charge in [0.25, 0.3) is 0 Å². The summed E-state index contributed by atoms with van der Waals surface area (Å²) in [6.45, 7) is 9.56. The van der Waals surface area contributed by atoms with E-state index >= 15 is 0 Å². The van der Waals surface area contributed by atoms with Crippen molar-refractivity contribution in [3.8, 4) is 0 Å². The smallest absolute Gasteiger partial charge is 0.107 e. The maximum atomic E-state index is 5.70. The van der Waals surface area contributed by atoms with Crippen LogP contribution in [-0.4, -0.2) is 35.7 Å². The fourth-order valence-corrected chi connectivity index (χ4v) is 3.34. The third kappa shape index (κ3) is 4.46. The second kappa shape index (κ2) is 6.80. The molecule has 1 aromatic rings. The van der Waals surface area contributed by atoms with Crippen LogP contribution in [0.25, 0.3) is 0 Å². The normalized spacial score (nSPS) is 19.6. The summed E-state index contributed by atoms with van der Waals surface area (Å²) in [6, 6.07) is 0. The van der Waals surface area contributed by atoms with E-state index in [2.05, 4.69) is 37.8 Å². The van der Waals surface area contributed by atoms with Crippen LogP contribution in [0.15, 0.2) is 16.4 Å². The molecule has 0 N–H and O–H groups in total. The van der Waals surface area contributed by atoms with Crippen molar-refractivity contribution >= 4 is 27.3 Å². The Morgan fingerprint density at radius 2 is 2.56 bits per heavy atom. The molecule has 1 aliphatic rings. The highest BCUT2D eigenvalue weighted by Crippen LogP contribution is 2.18. The Kier molecular flexibility index (Phi) is 5.36. The summed E-state index contributed by atoms with van der Waals surface area (Å²) in [5, 5.41) is 3.27. The summed E-state index contributed by atoms with van der Waals surface area (Å²) in [5.41, 5.74) is 1.10. The SMILES string of the molecule is C=C(Br)CN(Cc1nc(C)cs1)C[C@@H]1CCCO1. The molecule has 3 nitrogen and oxygen atoms in total. The molecule has 1 atom stereocenters. The number of nitrogens with zero attached hydrogens (tertiary/aromatic N) is 2. The highest BCUT2D eigenvalue weighted by Gasteiger charge is 2.20. The second-order valence-corrected chi connectivity index (χ2v) is 6.77. The topological polar surface area (TPSA) is 25.4 Å². The third-order valence-corrected chi connectivity index (χ3v) is 4.11. The maximum absolute atomic E-state index is 5.70. The van der Waals surface area contributed by atoms with Crippen molar-refractivity contribution in [2.24, 2.45) is 0 Å². The standard InChI is InChI=1S/C13H19BrN2OS/c1-10(14)6-16(7-12-4-3-5-17-12)8-13-15-11(2)9-18-13/h9,12H,1,3-8H2,2H3/t12-/m0/s1. The van der Waals surface area contributed by atoms with E-state index in [0.717, 1.165) is 36.4 Å². The summed E-state index contributed by atoms with van der Waals surface area (Å²) in [5.74, 6) is 0. The third-order valence-electron chi connectivity index (χ3n) is 2.91. The van der Waals surface area contributed by atoms with E-state index in [0.29, 0.717) is 6.10 Å². The molecule has 1 aliphatic heterocycles. The Morgan fingerprint density at radius 1 is 1.72 bits per heavy atom. The Labute approximate surface area is 121 Å². The van der Waals surface area contributed by atoms with Crippen molar-refractivity contribution in [2.75, 3.05) is 19.7 Å². The molecular weight excluding hydrogens is 312 g/mol. The van der Waals surface area contributed by atoms with E-state index in [4.69, 9.17) is 4.74 Å². The highest BCUT2D eigenvalue weighted by molar-refractivity contribution is 9.11. The average molecular weight is 331 g/mol. The summed E-state index contributed by atoms with van der Waals surface area (Å²) >= 11 is 5.17. The van der Waals surface area contributed by atoms with Crippen LogP contribution in [0, 0.1) is 6.92 Å². The first-order chi connectivity index (χ1) is 8.63. The number of halogens is 1. The van der Waals surface area contributed by atoms with Crippen LogP contribution in [-0.2, 0) is 11.3 Å².